The van der Waals surface area contributed by atoms with E-state index in [0.29, 0.717) is 17.3 Å². The maximum absolute atomic E-state index is 12.3. The highest BCUT2D eigenvalue weighted by Gasteiger charge is 2.25. The van der Waals surface area contributed by atoms with Gasteiger partial charge in [0, 0.05) is 24.5 Å². The van der Waals surface area contributed by atoms with Crippen molar-refractivity contribution in [3.63, 3.8) is 0 Å². The molecule has 0 aliphatic carbocycles. The lowest BCUT2D eigenvalue weighted by molar-refractivity contribution is 0.0908. The van der Waals surface area contributed by atoms with Crippen molar-refractivity contribution in [2.75, 3.05) is 13.1 Å². The molecule has 1 saturated heterocycles. The molecule has 0 atom stereocenters. The van der Waals surface area contributed by atoms with Gasteiger partial charge in [0.2, 0.25) is 5.89 Å². The Morgan fingerprint density at radius 3 is 2.68 bits per heavy atom. The molecular formula is C17H25N5O2S. The van der Waals surface area contributed by atoms with Crippen molar-refractivity contribution in [3.8, 4) is 0 Å². The second-order valence-corrected chi connectivity index (χ2v) is 8.41. The topological polar surface area (TPSA) is 84.2 Å². The molecule has 1 fully saturated rings. The van der Waals surface area contributed by atoms with Gasteiger partial charge in [-0.3, -0.25) is 9.69 Å². The molecule has 1 aliphatic rings. The predicted molar refractivity (Wildman–Crippen MR) is 95.6 cm³/mol. The zero-order chi connectivity index (χ0) is 18.0. The van der Waals surface area contributed by atoms with Crippen molar-refractivity contribution >= 4 is 17.2 Å². The average molecular weight is 363 g/mol. The summed E-state index contributed by atoms with van der Waals surface area (Å²) in [5.74, 6) is 1.39. The Bertz CT molecular complexity index is 725. The van der Waals surface area contributed by atoms with Gasteiger partial charge >= 0.3 is 0 Å². The summed E-state index contributed by atoms with van der Waals surface area (Å²) in [6.07, 6.45) is 1.84. The smallest absolute Gasteiger partial charge is 0.263 e. The first kappa shape index (κ1) is 18.0. The van der Waals surface area contributed by atoms with Gasteiger partial charge in [0.1, 0.15) is 4.88 Å². The predicted octanol–water partition coefficient (Wildman–Crippen LogP) is 2.53. The van der Waals surface area contributed by atoms with Crippen molar-refractivity contribution in [1.82, 2.24) is 25.3 Å². The Morgan fingerprint density at radius 1 is 1.40 bits per heavy atom. The van der Waals surface area contributed by atoms with E-state index in [0.717, 1.165) is 37.4 Å². The van der Waals surface area contributed by atoms with Crippen molar-refractivity contribution < 1.29 is 9.32 Å². The molecule has 0 unspecified atom stereocenters. The summed E-state index contributed by atoms with van der Waals surface area (Å²) in [6, 6.07) is 0.207. The Morgan fingerprint density at radius 2 is 2.12 bits per heavy atom. The van der Waals surface area contributed by atoms with Gasteiger partial charge in [-0.2, -0.15) is 4.98 Å². The lowest BCUT2D eigenvalue weighted by Gasteiger charge is -2.31. The summed E-state index contributed by atoms with van der Waals surface area (Å²) in [4.78, 5) is 23.9. The molecule has 7 nitrogen and oxygen atoms in total. The summed E-state index contributed by atoms with van der Waals surface area (Å²) in [5, 5.41) is 7.19. The Kier molecular flexibility index (Phi) is 5.19. The number of likely N-dealkylation sites (tertiary alicyclic amines) is 1. The Balaban J connectivity index is 1.48. The van der Waals surface area contributed by atoms with Crippen LogP contribution >= 0.6 is 11.3 Å². The van der Waals surface area contributed by atoms with Crippen LogP contribution < -0.4 is 5.32 Å². The van der Waals surface area contributed by atoms with E-state index in [9.17, 15) is 4.79 Å². The number of carbonyl (C=O) groups excluding carboxylic acids is 1. The maximum Gasteiger partial charge on any atom is 0.263 e. The van der Waals surface area contributed by atoms with E-state index in [1.54, 1.807) is 5.51 Å². The standard InChI is InChI=1S/C17H25N5O2S/c1-11-14(25-10-18-11)15(23)19-12-5-7-22(8-6-12)9-13-20-16(21-24-13)17(2,3)4/h10,12H,5-9H2,1-4H3,(H,19,23). The number of aromatic nitrogens is 3. The highest BCUT2D eigenvalue weighted by Crippen LogP contribution is 2.20. The number of thiazole rings is 1. The summed E-state index contributed by atoms with van der Waals surface area (Å²) in [7, 11) is 0. The van der Waals surface area contributed by atoms with Crippen molar-refractivity contribution in [1.29, 1.82) is 0 Å². The number of hydrogen-bond donors (Lipinski definition) is 1. The van der Waals surface area contributed by atoms with Crippen LogP contribution in [0.4, 0.5) is 0 Å². The van der Waals surface area contributed by atoms with Crippen molar-refractivity contribution in [3.05, 3.63) is 27.8 Å². The molecule has 0 bridgehead atoms. The largest absolute Gasteiger partial charge is 0.348 e. The van der Waals surface area contributed by atoms with Gasteiger partial charge in [0.25, 0.3) is 5.91 Å². The number of amides is 1. The summed E-state index contributed by atoms with van der Waals surface area (Å²) in [6.45, 7) is 10.5. The van der Waals surface area contributed by atoms with Crippen LogP contribution in [0.3, 0.4) is 0 Å². The maximum atomic E-state index is 12.3. The van der Waals surface area contributed by atoms with Crippen LogP contribution in [0.25, 0.3) is 0 Å². The van der Waals surface area contributed by atoms with Crippen molar-refractivity contribution in [2.24, 2.45) is 0 Å². The second kappa shape index (κ2) is 7.21. The van der Waals surface area contributed by atoms with Crippen LogP contribution in [0.2, 0.25) is 0 Å². The number of hydrogen-bond acceptors (Lipinski definition) is 7. The third kappa shape index (κ3) is 4.43. The van der Waals surface area contributed by atoms with E-state index < -0.39 is 0 Å². The molecule has 8 heteroatoms. The third-order valence-electron chi connectivity index (χ3n) is 4.37. The molecule has 136 valence electrons. The lowest BCUT2D eigenvalue weighted by atomic mass is 9.96. The van der Waals surface area contributed by atoms with Gasteiger partial charge in [-0.25, -0.2) is 4.98 Å². The second-order valence-electron chi connectivity index (χ2n) is 7.55. The minimum Gasteiger partial charge on any atom is -0.348 e. The van der Waals surface area contributed by atoms with Crippen LogP contribution in [0.1, 0.15) is 60.7 Å². The molecule has 0 radical (unpaired) electrons. The minimum atomic E-state index is -0.103. The number of nitrogens with one attached hydrogen (secondary N) is 1. The first-order chi connectivity index (χ1) is 11.8. The number of carbonyl (C=O) groups is 1. The molecule has 1 amide bonds. The molecule has 0 aromatic carbocycles. The summed E-state index contributed by atoms with van der Waals surface area (Å²) in [5.41, 5.74) is 2.41. The van der Waals surface area contributed by atoms with E-state index in [2.05, 4.69) is 46.1 Å². The van der Waals surface area contributed by atoms with E-state index in [1.165, 1.54) is 11.3 Å². The van der Waals surface area contributed by atoms with Crippen molar-refractivity contribution in [2.45, 2.75) is 58.5 Å². The molecule has 0 spiro atoms. The molecule has 2 aromatic heterocycles. The average Bonchev–Trinajstić information content (AvgIpc) is 3.18. The molecule has 2 aromatic rings. The third-order valence-corrected chi connectivity index (χ3v) is 5.30. The van der Waals surface area contributed by atoms with Gasteiger partial charge in [0.05, 0.1) is 17.7 Å². The fourth-order valence-electron chi connectivity index (χ4n) is 2.82. The lowest BCUT2D eigenvalue weighted by Crippen LogP contribution is -2.44. The molecule has 25 heavy (non-hydrogen) atoms. The molecule has 3 rings (SSSR count). The molecular weight excluding hydrogens is 338 g/mol. The van der Waals surface area contributed by atoms with Crippen LogP contribution in [0, 0.1) is 6.92 Å². The van der Waals surface area contributed by atoms with Gasteiger partial charge in [-0.05, 0) is 19.8 Å². The van der Waals surface area contributed by atoms with E-state index in [1.807, 2.05) is 6.92 Å². The molecule has 3 heterocycles. The Labute approximate surface area is 151 Å². The van der Waals surface area contributed by atoms with Crippen LogP contribution in [0.15, 0.2) is 10.0 Å². The quantitative estimate of drug-likeness (QED) is 0.899. The SMILES string of the molecule is Cc1ncsc1C(=O)NC1CCN(Cc2nc(C(C)(C)C)no2)CC1. The van der Waals surface area contributed by atoms with E-state index in [4.69, 9.17) is 4.52 Å². The van der Waals surface area contributed by atoms with E-state index >= 15 is 0 Å². The highest BCUT2D eigenvalue weighted by atomic mass is 32.1. The van der Waals surface area contributed by atoms with Gasteiger partial charge in [0.15, 0.2) is 5.82 Å². The van der Waals surface area contributed by atoms with Crippen LogP contribution in [0.5, 0.6) is 0 Å². The fraction of sp³-hybridized carbons (Fsp3) is 0.647. The fourth-order valence-corrected chi connectivity index (χ4v) is 3.53. The number of nitrogens with zero attached hydrogens (tertiary/aromatic N) is 4. The number of piperidine rings is 1. The van der Waals surface area contributed by atoms with Crippen LogP contribution in [-0.2, 0) is 12.0 Å². The zero-order valence-corrected chi connectivity index (χ0v) is 16.0. The summed E-state index contributed by atoms with van der Waals surface area (Å²) >= 11 is 1.39. The monoisotopic (exact) mass is 363 g/mol. The van der Waals surface area contributed by atoms with E-state index in [-0.39, 0.29) is 17.4 Å². The first-order valence-electron chi connectivity index (χ1n) is 8.59. The summed E-state index contributed by atoms with van der Waals surface area (Å²) < 4.78 is 5.37. The van der Waals surface area contributed by atoms with Gasteiger partial charge in [-0.15, -0.1) is 11.3 Å². The highest BCUT2D eigenvalue weighted by molar-refractivity contribution is 7.11. The normalized spacial score (nSPS) is 17.0. The zero-order valence-electron chi connectivity index (χ0n) is 15.2. The molecule has 1 aliphatic heterocycles. The molecule has 0 saturated carbocycles. The Hall–Kier alpha value is -1.80. The molecule has 1 N–H and O–H groups in total. The van der Waals surface area contributed by atoms with Gasteiger partial charge < -0.3 is 9.84 Å². The van der Waals surface area contributed by atoms with Crippen LogP contribution in [-0.4, -0.2) is 45.1 Å². The van der Waals surface area contributed by atoms with Gasteiger partial charge in [-0.1, -0.05) is 25.9 Å². The number of rotatable bonds is 4. The first-order valence-corrected chi connectivity index (χ1v) is 9.47. The minimum absolute atomic E-state index is 0.00910. The number of aryl methyl sites for hydroxylation is 1.